The molecule has 0 spiro atoms. The van der Waals surface area contributed by atoms with E-state index in [9.17, 15) is 9.59 Å². The standard InChI is InChI=1S/C8H13NO3/c1-8(2)3-6(11)9-7(12)5(8)4-10/h5,10H,3-4H2,1-2H3,(H,9,11,12). The molecule has 1 unspecified atom stereocenters. The van der Waals surface area contributed by atoms with E-state index in [4.69, 9.17) is 5.11 Å². The molecule has 1 fully saturated rings. The van der Waals surface area contributed by atoms with Crippen molar-refractivity contribution in [3.63, 3.8) is 0 Å². The van der Waals surface area contributed by atoms with E-state index in [0.717, 1.165) is 0 Å². The molecule has 0 aliphatic carbocycles. The van der Waals surface area contributed by atoms with Crippen molar-refractivity contribution >= 4 is 11.8 Å². The summed E-state index contributed by atoms with van der Waals surface area (Å²) in [6.45, 7) is 3.42. The summed E-state index contributed by atoms with van der Waals surface area (Å²) >= 11 is 0. The third-order valence-electron chi connectivity index (χ3n) is 2.32. The predicted octanol–water partition coefficient (Wildman–Crippen LogP) is -0.332. The summed E-state index contributed by atoms with van der Waals surface area (Å²) in [6, 6.07) is 0. The summed E-state index contributed by atoms with van der Waals surface area (Å²) < 4.78 is 0. The normalized spacial score (nSPS) is 28.4. The van der Waals surface area contributed by atoms with Gasteiger partial charge < -0.3 is 5.11 Å². The fourth-order valence-corrected chi connectivity index (χ4v) is 1.49. The molecule has 2 amide bonds. The zero-order valence-corrected chi connectivity index (χ0v) is 7.26. The molecule has 1 heterocycles. The van der Waals surface area contributed by atoms with Crippen molar-refractivity contribution in [2.24, 2.45) is 11.3 Å². The van der Waals surface area contributed by atoms with E-state index in [-0.39, 0.29) is 18.4 Å². The second-order valence-electron chi connectivity index (χ2n) is 3.81. The zero-order chi connectivity index (χ0) is 9.35. The van der Waals surface area contributed by atoms with Gasteiger partial charge in [-0.15, -0.1) is 0 Å². The maximum absolute atomic E-state index is 11.2. The molecule has 0 saturated carbocycles. The van der Waals surface area contributed by atoms with Crippen molar-refractivity contribution in [1.29, 1.82) is 0 Å². The number of imide groups is 1. The molecule has 12 heavy (non-hydrogen) atoms. The number of amides is 2. The highest BCUT2D eigenvalue weighted by atomic mass is 16.3. The SMILES string of the molecule is CC1(C)CC(=O)NC(=O)C1CO. The van der Waals surface area contributed by atoms with Crippen LogP contribution in [0.15, 0.2) is 0 Å². The highest BCUT2D eigenvalue weighted by Gasteiger charge is 2.41. The van der Waals surface area contributed by atoms with Gasteiger partial charge in [-0.2, -0.15) is 0 Å². The Balaban J connectivity index is 2.85. The van der Waals surface area contributed by atoms with Crippen LogP contribution in [0.2, 0.25) is 0 Å². The van der Waals surface area contributed by atoms with Crippen molar-refractivity contribution in [2.45, 2.75) is 20.3 Å². The summed E-state index contributed by atoms with van der Waals surface area (Å²) in [4.78, 5) is 22.1. The van der Waals surface area contributed by atoms with Crippen molar-refractivity contribution in [2.75, 3.05) is 6.61 Å². The van der Waals surface area contributed by atoms with Crippen LogP contribution in [0.1, 0.15) is 20.3 Å². The van der Waals surface area contributed by atoms with Gasteiger partial charge in [0.25, 0.3) is 0 Å². The second-order valence-corrected chi connectivity index (χ2v) is 3.81. The average Bonchev–Trinajstić information content (AvgIpc) is 1.82. The minimum Gasteiger partial charge on any atom is -0.396 e. The Morgan fingerprint density at radius 2 is 2.17 bits per heavy atom. The Hall–Kier alpha value is -0.900. The van der Waals surface area contributed by atoms with E-state index in [2.05, 4.69) is 5.32 Å². The maximum atomic E-state index is 11.2. The molecule has 2 N–H and O–H groups in total. The number of hydrogen-bond donors (Lipinski definition) is 2. The first-order valence-corrected chi connectivity index (χ1v) is 3.92. The highest BCUT2D eigenvalue weighted by Crippen LogP contribution is 2.33. The predicted molar refractivity (Wildman–Crippen MR) is 42.1 cm³/mol. The second kappa shape index (κ2) is 2.86. The number of aliphatic hydroxyl groups is 1. The van der Waals surface area contributed by atoms with Gasteiger partial charge in [0, 0.05) is 6.42 Å². The first kappa shape index (κ1) is 9.19. The van der Waals surface area contributed by atoms with Crippen LogP contribution < -0.4 is 5.32 Å². The molecule has 1 rings (SSSR count). The first-order chi connectivity index (χ1) is 5.47. The summed E-state index contributed by atoms with van der Waals surface area (Å²) in [7, 11) is 0. The topological polar surface area (TPSA) is 66.4 Å². The van der Waals surface area contributed by atoms with Gasteiger partial charge in [0.1, 0.15) is 0 Å². The molecule has 4 heteroatoms. The third-order valence-corrected chi connectivity index (χ3v) is 2.32. The molecule has 0 aromatic carbocycles. The van der Waals surface area contributed by atoms with Gasteiger partial charge in [0.05, 0.1) is 12.5 Å². The van der Waals surface area contributed by atoms with Crippen molar-refractivity contribution in [1.82, 2.24) is 5.32 Å². The summed E-state index contributed by atoms with van der Waals surface area (Å²) in [5.41, 5.74) is -0.422. The lowest BCUT2D eigenvalue weighted by Gasteiger charge is -2.35. The lowest BCUT2D eigenvalue weighted by atomic mass is 9.73. The number of carbonyl (C=O) groups excluding carboxylic acids is 2. The van der Waals surface area contributed by atoms with E-state index >= 15 is 0 Å². The summed E-state index contributed by atoms with van der Waals surface area (Å²) in [6.07, 6.45) is 0.296. The average molecular weight is 171 g/mol. The number of rotatable bonds is 1. The highest BCUT2D eigenvalue weighted by molar-refractivity contribution is 5.99. The molecule has 1 aliphatic rings. The van der Waals surface area contributed by atoms with Crippen LogP contribution >= 0.6 is 0 Å². The van der Waals surface area contributed by atoms with Gasteiger partial charge in [-0.25, -0.2) is 0 Å². The largest absolute Gasteiger partial charge is 0.396 e. The molecular weight excluding hydrogens is 158 g/mol. The van der Waals surface area contributed by atoms with Gasteiger partial charge in [-0.05, 0) is 5.41 Å². The number of carbonyl (C=O) groups is 2. The lowest BCUT2D eigenvalue weighted by Crippen LogP contribution is -2.51. The number of aliphatic hydroxyl groups excluding tert-OH is 1. The van der Waals surface area contributed by atoms with Crippen LogP contribution in [-0.4, -0.2) is 23.5 Å². The van der Waals surface area contributed by atoms with Gasteiger partial charge in [-0.1, -0.05) is 13.8 Å². The fraction of sp³-hybridized carbons (Fsp3) is 0.750. The number of nitrogens with one attached hydrogen (secondary N) is 1. The van der Waals surface area contributed by atoms with Crippen LogP contribution in [0.5, 0.6) is 0 Å². The molecule has 0 bridgehead atoms. The van der Waals surface area contributed by atoms with Crippen LogP contribution in [0.25, 0.3) is 0 Å². The zero-order valence-electron chi connectivity index (χ0n) is 7.26. The minimum atomic E-state index is -0.463. The Labute approximate surface area is 71.0 Å². The van der Waals surface area contributed by atoms with E-state index in [0.29, 0.717) is 6.42 Å². The van der Waals surface area contributed by atoms with E-state index in [1.807, 2.05) is 13.8 Å². The molecule has 1 aliphatic heterocycles. The van der Waals surface area contributed by atoms with E-state index in [1.165, 1.54) is 0 Å². The molecule has 4 nitrogen and oxygen atoms in total. The molecule has 1 saturated heterocycles. The molecule has 68 valence electrons. The van der Waals surface area contributed by atoms with Crippen molar-refractivity contribution < 1.29 is 14.7 Å². The quantitative estimate of drug-likeness (QED) is 0.531. The van der Waals surface area contributed by atoms with Gasteiger partial charge in [0.15, 0.2) is 0 Å². The Morgan fingerprint density at radius 3 is 2.58 bits per heavy atom. The molecule has 0 aromatic rings. The van der Waals surface area contributed by atoms with Crippen LogP contribution in [0.3, 0.4) is 0 Å². The smallest absolute Gasteiger partial charge is 0.232 e. The molecule has 0 aromatic heterocycles. The summed E-state index contributed by atoms with van der Waals surface area (Å²) in [5, 5.41) is 11.1. The summed E-state index contributed by atoms with van der Waals surface area (Å²) in [5.74, 6) is -1.08. The molecule has 1 atom stereocenters. The Morgan fingerprint density at radius 1 is 1.58 bits per heavy atom. The monoisotopic (exact) mass is 171 g/mol. The minimum absolute atomic E-state index is 0.202. The van der Waals surface area contributed by atoms with E-state index in [1.54, 1.807) is 0 Å². The molecule has 0 radical (unpaired) electrons. The Bertz CT molecular complexity index is 222. The van der Waals surface area contributed by atoms with Crippen LogP contribution in [0.4, 0.5) is 0 Å². The number of hydrogen-bond acceptors (Lipinski definition) is 3. The van der Waals surface area contributed by atoms with Crippen molar-refractivity contribution in [3.05, 3.63) is 0 Å². The van der Waals surface area contributed by atoms with Gasteiger partial charge in [-0.3, -0.25) is 14.9 Å². The number of piperidine rings is 1. The van der Waals surface area contributed by atoms with Crippen LogP contribution in [0, 0.1) is 11.3 Å². The Kier molecular flexibility index (Phi) is 2.19. The van der Waals surface area contributed by atoms with Crippen molar-refractivity contribution in [3.8, 4) is 0 Å². The molecular formula is C8H13NO3. The first-order valence-electron chi connectivity index (χ1n) is 3.92. The van der Waals surface area contributed by atoms with Crippen LogP contribution in [-0.2, 0) is 9.59 Å². The van der Waals surface area contributed by atoms with E-state index < -0.39 is 11.3 Å². The third kappa shape index (κ3) is 1.48. The fourth-order valence-electron chi connectivity index (χ4n) is 1.49. The van der Waals surface area contributed by atoms with Gasteiger partial charge in [0.2, 0.25) is 11.8 Å². The van der Waals surface area contributed by atoms with Gasteiger partial charge >= 0.3 is 0 Å². The maximum Gasteiger partial charge on any atom is 0.232 e. The lowest BCUT2D eigenvalue weighted by molar-refractivity contribution is -0.143.